The van der Waals surface area contributed by atoms with E-state index in [0.717, 1.165) is 5.75 Å². The lowest BCUT2D eigenvalue weighted by molar-refractivity contribution is 0.646. The van der Waals surface area contributed by atoms with Gasteiger partial charge in [0.1, 0.15) is 5.75 Å². The molecule has 0 radical (unpaired) electrons. The Balaban J connectivity index is 2.06. The van der Waals surface area contributed by atoms with Crippen LogP contribution in [0.1, 0.15) is 5.56 Å². The summed E-state index contributed by atoms with van der Waals surface area (Å²) >= 11 is 0. The highest BCUT2D eigenvalue weighted by Gasteiger charge is 2.00. The predicted octanol–water partition coefficient (Wildman–Crippen LogP) is 4.98. The molecule has 0 aliphatic carbocycles. The van der Waals surface area contributed by atoms with Crippen molar-refractivity contribution < 1.29 is 4.52 Å². The first kappa shape index (κ1) is 12.2. The van der Waals surface area contributed by atoms with E-state index in [1.807, 2.05) is 12.1 Å². The third kappa shape index (κ3) is 2.47. The highest BCUT2D eigenvalue weighted by atomic mass is 31.0. The molecule has 0 fully saturated rings. The van der Waals surface area contributed by atoms with E-state index in [1.165, 1.54) is 27.5 Å². The fourth-order valence-electron chi connectivity index (χ4n) is 2.27. The maximum atomic E-state index is 5.11. The molecule has 0 aliphatic heterocycles. The van der Waals surface area contributed by atoms with Crippen molar-refractivity contribution in [2.45, 2.75) is 6.92 Å². The Morgan fingerprint density at radius 3 is 2.11 bits per heavy atom. The summed E-state index contributed by atoms with van der Waals surface area (Å²) in [5, 5.41) is 2.56. The Labute approximate surface area is 115 Å². The minimum absolute atomic E-state index is 0.852. The van der Waals surface area contributed by atoms with E-state index in [0.29, 0.717) is 0 Å². The molecule has 1 atom stereocenters. The zero-order valence-corrected chi connectivity index (χ0v) is 11.9. The molecular formula is C17H15OP. The first-order chi connectivity index (χ1) is 9.26. The van der Waals surface area contributed by atoms with E-state index in [4.69, 9.17) is 4.52 Å². The molecule has 0 saturated carbocycles. The van der Waals surface area contributed by atoms with Crippen LogP contribution >= 0.6 is 9.47 Å². The van der Waals surface area contributed by atoms with Crippen LogP contribution in [0.2, 0.25) is 0 Å². The molecule has 0 amide bonds. The molecular weight excluding hydrogens is 251 g/mol. The van der Waals surface area contributed by atoms with Crippen molar-refractivity contribution >= 4 is 20.2 Å². The van der Waals surface area contributed by atoms with Crippen molar-refractivity contribution in [3.05, 3.63) is 66.2 Å². The van der Waals surface area contributed by atoms with Crippen molar-refractivity contribution in [3.8, 4) is 16.9 Å². The normalized spacial score (nSPS) is 10.6. The molecule has 3 rings (SSSR count). The van der Waals surface area contributed by atoms with Gasteiger partial charge in [0.2, 0.25) is 0 Å². The molecule has 3 aromatic carbocycles. The second kappa shape index (κ2) is 5.03. The van der Waals surface area contributed by atoms with Crippen molar-refractivity contribution in [2.24, 2.45) is 0 Å². The monoisotopic (exact) mass is 266 g/mol. The Hall–Kier alpha value is -1.85. The Morgan fingerprint density at radius 1 is 0.737 bits per heavy atom. The second-order valence-corrected chi connectivity index (χ2v) is 4.94. The maximum Gasteiger partial charge on any atom is 0.122 e. The Kier molecular flexibility index (Phi) is 3.23. The molecule has 0 spiro atoms. The van der Waals surface area contributed by atoms with Crippen molar-refractivity contribution in [2.75, 3.05) is 0 Å². The fourth-order valence-corrected chi connectivity index (χ4v) is 2.43. The fraction of sp³-hybridized carbons (Fsp3) is 0.0588. The van der Waals surface area contributed by atoms with E-state index in [9.17, 15) is 0 Å². The number of hydrogen-bond acceptors (Lipinski definition) is 1. The van der Waals surface area contributed by atoms with Crippen molar-refractivity contribution in [1.29, 1.82) is 0 Å². The van der Waals surface area contributed by atoms with Gasteiger partial charge in [0.05, 0.1) is 9.47 Å². The van der Waals surface area contributed by atoms with Crippen molar-refractivity contribution in [3.63, 3.8) is 0 Å². The smallest absolute Gasteiger partial charge is 0.122 e. The molecule has 0 saturated heterocycles. The third-order valence-corrected chi connectivity index (χ3v) is 3.59. The van der Waals surface area contributed by atoms with Crippen LogP contribution < -0.4 is 4.52 Å². The number of benzene rings is 3. The first-order valence-corrected chi connectivity index (χ1v) is 6.71. The van der Waals surface area contributed by atoms with Crippen LogP contribution in [-0.2, 0) is 0 Å². The molecule has 0 bridgehead atoms. The van der Waals surface area contributed by atoms with Gasteiger partial charge >= 0.3 is 0 Å². The van der Waals surface area contributed by atoms with Crippen LogP contribution in [0.3, 0.4) is 0 Å². The lowest BCUT2D eigenvalue weighted by atomic mass is 10.0. The topological polar surface area (TPSA) is 9.23 Å². The van der Waals surface area contributed by atoms with E-state index < -0.39 is 0 Å². The quantitative estimate of drug-likeness (QED) is 0.594. The van der Waals surface area contributed by atoms with E-state index in [2.05, 4.69) is 64.9 Å². The number of fused-ring (bicyclic) bond motifs is 1. The van der Waals surface area contributed by atoms with Gasteiger partial charge < -0.3 is 4.52 Å². The van der Waals surface area contributed by atoms with Gasteiger partial charge in [0.15, 0.2) is 0 Å². The second-order valence-electron chi connectivity index (χ2n) is 4.71. The van der Waals surface area contributed by atoms with Gasteiger partial charge in [0.25, 0.3) is 0 Å². The third-order valence-electron chi connectivity index (χ3n) is 3.32. The summed E-state index contributed by atoms with van der Waals surface area (Å²) < 4.78 is 5.11. The lowest BCUT2D eigenvalue weighted by Gasteiger charge is -2.06. The number of aryl methyl sites for hydroxylation is 1. The highest BCUT2D eigenvalue weighted by Crippen LogP contribution is 2.27. The molecule has 19 heavy (non-hydrogen) atoms. The molecule has 1 nitrogen and oxygen atoms in total. The van der Waals surface area contributed by atoms with Gasteiger partial charge in [-0.15, -0.1) is 0 Å². The van der Waals surface area contributed by atoms with Gasteiger partial charge in [0, 0.05) is 0 Å². The van der Waals surface area contributed by atoms with Gasteiger partial charge in [-0.2, -0.15) is 0 Å². The average Bonchev–Trinajstić information content (AvgIpc) is 2.47. The van der Waals surface area contributed by atoms with Crippen LogP contribution in [0.25, 0.3) is 21.9 Å². The van der Waals surface area contributed by atoms with Crippen molar-refractivity contribution in [1.82, 2.24) is 0 Å². The summed E-state index contributed by atoms with van der Waals surface area (Å²) in [6.45, 7) is 2.12. The number of hydrogen-bond donors (Lipinski definition) is 0. The number of rotatable bonds is 2. The Morgan fingerprint density at radius 2 is 1.37 bits per heavy atom. The zero-order valence-electron chi connectivity index (χ0n) is 10.8. The van der Waals surface area contributed by atoms with Crippen LogP contribution in [0.5, 0.6) is 5.75 Å². The van der Waals surface area contributed by atoms with Crippen LogP contribution in [0.15, 0.2) is 60.7 Å². The summed E-state index contributed by atoms with van der Waals surface area (Å²) in [7, 11) is 2.26. The van der Waals surface area contributed by atoms with E-state index in [1.54, 1.807) is 0 Å². The lowest BCUT2D eigenvalue weighted by Crippen LogP contribution is -1.81. The Bertz CT molecular complexity index is 717. The highest BCUT2D eigenvalue weighted by molar-refractivity contribution is 7.10. The first-order valence-electron chi connectivity index (χ1n) is 6.24. The van der Waals surface area contributed by atoms with Crippen LogP contribution in [0, 0.1) is 6.92 Å². The van der Waals surface area contributed by atoms with E-state index in [-0.39, 0.29) is 0 Å². The summed E-state index contributed by atoms with van der Waals surface area (Å²) in [5.74, 6) is 0.852. The van der Waals surface area contributed by atoms with Gasteiger partial charge in [-0.25, -0.2) is 0 Å². The summed E-state index contributed by atoms with van der Waals surface area (Å²) in [6.07, 6.45) is 0. The van der Waals surface area contributed by atoms with Crippen LogP contribution in [-0.4, -0.2) is 0 Å². The largest absolute Gasteiger partial charge is 0.480 e. The average molecular weight is 266 g/mol. The molecule has 0 aliphatic rings. The SMILES string of the molecule is Cc1ccc2cc(-c3ccc(OP)cc3)ccc2c1. The van der Waals surface area contributed by atoms with Gasteiger partial charge in [-0.1, -0.05) is 48.0 Å². The maximum absolute atomic E-state index is 5.11. The predicted molar refractivity (Wildman–Crippen MR) is 84.5 cm³/mol. The van der Waals surface area contributed by atoms with E-state index >= 15 is 0 Å². The minimum Gasteiger partial charge on any atom is -0.480 e. The minimum atomic E-state index is 0.852. The summed E-state index contributed by atoms with van der Waals surface area (Å²) in [5.41, 5.74) is 3.72. The molecule has 3 aromatic rings. The van der Waals surface area contributed by atoms with Crippen LogP contribution in [0.4, 0.5) is 0 Å². The molecule has 94 valence electrons. The molecule has 0 heterocycles. The molecule has 2 heteroatoms. The van der Waals surface area contributed by atoms with Gasteiger partial charge in [-0.3, -0.25) is 0 Å². The van der Waals surface area contributed by atoms with Gasteiger partial charge in [-0.05, 0) is 47.0 Å². The molecule has 0 N–H and O–H groups in total. The molecule has 0 aromatic heterocycles. The summed E-state index contributed by atoms with van der Waals surface area (Å²) in [4.78, 5) is 0. The standard InChI is InChI=1S/C17H15OP/c1-12-2-3-16-11-15(5-4-14(16)10-12)13-6-8-17(18-19)9-7-13/h2-11H,19H2,1H3. The molecule has 1 unspecified atom stereocenters. The zero-order chi connectivity index (χ0) is 13.2. The summed E-state index contributed by atoms with van der Waals surface area (Å²) in [6, 6.07) is 21.2.